The van der Waals surface area contributed by atoms with E-state index in [9.17, 15) is 19.5 Å². The third-order valence-corrected chi connectivity index (χ3v) is 3.24. The normalized spacial score (nSPS) is 15.3. The number of carbonyl (C=O) groups excluding carboxylic acids is 3. The van der Waals surface area contributed by atoms with Crippen molar-refractivity contribution in [3.05, 3.63) is 0 Å². The van der Waals surface area contributed by atoms with Crippen molar-refractivity contribution < 1.29 is 33.7 Å². The summed E-state index contributed by atoms with van der Waals surface area (Å²) in [7, 11) is 1.20. The van der Waals surface area contributed by atoms with E-state index in [2.05, 4.69) is 4.74 Å². The van der Waals surface area contributed by atoms with Crippen molar-refractivity contribution in [2.75, 3.05) is 7.11 Å². The lowest BCUT2D eigenvalue weighted by molar-refractivity contribution is -0.186. The van der Waals surface area contributed by atoms with Gasteiger partial charge in [0.25, 0.3) is 0 Å². The van der Waals surface area contributed by atoms with E-state index < -0.39 is 36.2 Å². The molecule has 0 saturated heterocycles. The first-order chi connectivity index (χ1) is 10.5. The molecular formula is C16H28O7. The highest BCUT2D eigenvalue weighted by molar-refractivity contribution is 5.84. The molecule has 1 N–H and O–H groups in total. The molecular weight excluding hydrogens is 304 g/mol. The van der Waals surface area contributed by atoms with Crippen LogP contribution in [0, 0.1) is 17.8 Å². The molecule has 0 aromatic rings. The predicted octanol–water partition coefficient (Wildman–Crippen LogP) is 1.31. The van der Waals surface area contributed by atoms with Gasteiger partial charge in [-0.05, 0) is 5.92 Å². The molecule has 0 unspecified atom stereocenters. The van der Waals surface area contributed by atoms with Gasteiger partial charge in [-0.1, -0.05) is 41.5 Å². The monoisotopic (exact) mass is 332 g/mol. The molecule has 0 fully saturated rings. The van der Waals surface area contributed by atoms with Gasteiger partial charge in [-0.15, -0.1) is 0 Å². The van der Waals surface area contributed by atoms with E-state index in [-0.39, 0.29) is 17.8 Å². The summed E-state index contributed by atoms with van der Waals surface area (Å²) in [6, 6.07) is 0. The van der Waals surface area contributed by atoms with Crippen LogP contribution in [0.5, 0.6) is 0 Å². The summed E-state index contributed by atoms with van der Waals surface area (Å²) in [5.74, 6) is -3.43. The number of esters is 3. The maximum atomic E-state index is 12.3. The minimum atomic E-state index is -1.33. The van der Waals surface area contributed by atoms with Gasteiger partial charge < -0.3 is 19.3 Å². The summed E-state index contributed by atoms with van der Waals surface area (Å²) in [6.07, 6.45) is -3.62. The molecule has 0 aliphatic heterocycles. The molecule has 0 amide bonds. The number of rotatable bonds is 8. The maximum absolute atomic E-state index is 12.3. The third-order valence-electron chi connectivity index (χ3n) is 3.24. The fraction of sp³-hybridized carbons (Fsp3) is 0.812. The lowest BCUT2D eigenvalue weighted by Gasteiger charge is -2.25. The predicted molar refractivity (Wildman–Crippen MR) is 82.3 cm³/mol. The topological polar surface area (TPSA) is 99.1 Å². The van der Waals surface area contributed by atoms with Crippen molar-refractivity contribution in [2.24, 2.45) is 17.8 Å². The van der Waals surface area contributed by atoms with Gasteiger partial charge in [-0.25, -0.2) is 14.4 Å². The van der Waals surface area contributed by atoms with Crippen molar-refractivity contribution in [1.29, 1.82) is 0 Å². The molecule has 0 saturated carbocycles. The summed E-state index contributed by atoms with van der Waals surface area (Å²) in [5, 5.41) is 9.70. The van der Waals surface area contributed by atoms with Gasteiger partial charge in [0.1, 0.15) is 0 Å². The fourth-order valence-corrected chi connectivity index (χ4v) is 1.69. The smallest absolute Gasteiger partial charge is 0.348 e. The summed E-state index contributed by atoms with van der Waals surface area (Å²) >= 11 is 0. The van der Waals surface area contributed by atoms with Crippen molar-refractivity contribution in [1.82, 2.24) is 0 Å². The van der Waals surface area contributed by atoms with E-state index in [1.54, 1.807) is 41.5 Å². The van der Waals surface area contributed by atoms with Crippen LogP contribution in [0.3, 0.4) is 0 Å². The summed E-state index contributed by atoms with van der Waals surface area (Å²) in [6.45, 7) is 10.1. The second-order valence-corrected chi connectivity index (χ2v) is 6.42. The van der Waals surface area contributed by atoms with E-state index in [0.29, 0.717) is 0 Å². The quantitative estimate of drug-likeness (QED) is 0.528. The first-order valence-electron chi connectivity index (χ1n) is 7.69. The lowest BCUT2D eigenvalue weighted by atomic mass is 10.0. The maximum Gasteiger partial charge on any atom is 0.348 e. The van der Waals surface area contributed by atoms with Gasteiger partial charge in [0.05, 0.1) is 7.11 Å². The molecule has 0 rings (SSSR count). The van der Waals surface area contributed by atoms with Crippen LogP contribution < -0.4 is 0 Å². The SMILES string of the molecule is COC(=O)[C@@H](OC(=O)[C@@H](OC(=O)[C@@H](O)C(C)C)C(C)C)C(C)C. The largest absolute Gasteiger partial charge is 0.466 e. The lowest BCUT2D eigenvalue weighted by Crippen LogP contribution is -2.42. The van der Waals surface area contributed by atoms with Crippen LogP contribution in [0.15, 0.2) is 0 Å². The minimum absolute atomic E-state index is 0.295. The molecule has 3 atom stereocenters. The standard InChI is InChI=1S/C16H28O7/c1-8(2)11(17)14(18)22-13(10(5)6)16(20)23-12(9(3)4)15(19)21-7/h8-13,17H,1-7H3/t11-,12-,13-/m0/s1. The van der Waals surface area contributed by atoms with E-state index >= 15 is 0 Å². The third kappa shape index (κ3) is 6.56. The summed E-state index contributed by atoms with van der Waals surface area (Å²) in [4.78, 5) is 35.8. The van der Waals surface area contributed by atoms with Crippen LogP contribution in [0.4, 0.5) is 0 Å². The Bertz CT molecular complexity index is 415. The molecule has 0 aromatic carbocycles. The van der Waals surface area contributed by atoms with Crippen LogP contribution in [0.2, 0.25) is 0 Å². The fourth-order valence-electron chi connectivity index (χ4n) is 1.69. The molecule has 23 heavy (non-hydrogen) atoms. The first kappa shape index (κ1) is 21.4. The number of methoxy groups -OCH3 is 1. The average Bonchev–Trinajstić information content (AvgIpc) is 2.47. The highest BCUT2D eigenvalue weighted by Crippen LogP contribution is 2.16. The Balaban J connectivity index is 5.06. The number of ether oxygens (including phenoxy) is 3. The molecule has 0 radical (unpaired) electrons. The Kier molecular flexibility index (Phi) is 8.82. The Morgan fingerprint density at radius 1 is 0.696 bits per heavy atom. The van der Waals surface area contributed by atoms with Gasteiger partial charge in [0.15, 0.2) is 6.10 Å². The van der Waals surface area contributed by atoms with Gasteiger partial charge >= 0.3 is 17.9 Å². The zero-order valence-electron chi connectivity index (χ0n) is 14.9. The minimum Gasteiger partial charge on any atom is -0.466 e. The first-order valence-corrected chi connectivity index (χ1v) is 7.69. The van der Waals surface area contributed by atoms with Gasteiger partial charge in [0, 0.05) is 11.8 Å². The number of carbonyl (C=O) groups is 3. The molecule has 0 aliphatic rings. The number of hydrogen-bond donors (Lipinski definition) is 1. The molecule has 7 heteroatoms. The van der Waals surface area contributed by atoms with Crippen molar-refractivity contribution in [3.63, 3.8) is 0 Å². The van der Waals surface area contributed by atoms with Crippen molar-refractivity contribution in [2.45, 2.75) is 59.9 Å². The van der Waals surface area contributed by atoms with E-state index in [4.69, 9.17) is 9.47 Å². The highest BCUT2D eigenvalue weighted by Gasteiger charge is 2.35. The average molecular weight is 332 g/mol. The Morgan fingerprint density at radius 3 is 1.43 bits per heavy atom. The second-order valence-electron chi connectivity index (χ2n) is 6.42. The second kappa shape index (κ2) is 9.50. The molecule has 0 aliphatic carbocycles. The summed E-state index contributed by atoms with van der Waals surface area (Å²) < 4.78 is 14.8. The van der Waals surface area contributed by atoms with E-state index in [1.807, 2.05) is 0 Å². The Hall–Kier alpha value is -1.63. The van der Waals surface area contributed by atoms with Crippen LogP contribution in [-0.4, -0.2) is 48.4 Å². The number of aliphatic hydroxyl groups excluding tert-OH is 1. The van der Waals surface area contributed by atoms with Crippen LogP contribution >= 0.6 is 0 Å². The molecule has 0 aromatic heterocycles. The summed E-state index contributed by atoms with van der Waals surface area (Å²) in [5.41, 5.74) is 0. The molecule has 0 heterocycles. The number of aliphatic hydroxyl groups is 1. The number of hydrogen-bond acceptors (Lipinski definition) is 7. The van der Waals surface area contributed by atoms with Gasteiger partial charge in [0.2, 0.25) is 12.2 Å². The van der Waals surface area contributed by atoms with Gasteiger partial charge in [-0.3, -0.25) is 0 Å². The molecule has 0 spiro atoms. The van der Waals surface area contributed by atoms with Crippen LogP contribution in [0.25, 0.3) is 0 Å². The van der Waals surface area contributed by atoms with Crippen molar-refractivity contribution >= 4 is 17.9 Å². The molecule has 7 nitrogen and oxygen atoms in total. The van der Waals surface area contributed by atoms with Crippen LogP contribution in [0.1, 0.15) is 41.5 Å². The zero-order chi connectivity index (χ0) is 18.3. The van der Waals surface area contributed by atoms with Crippen LogP contribution in [-0.2, 0) is 28.6 Å². The molecule has 0 bridgehead atoms. The molecule has 134 valence electrons. The zero-order valence-corrected chi connectivity index (χ0v) is 14.9. The Labute approximate surface area is 137 Å². The van der Waals surface area contributed by atoms with Crippen molar-refractivity contribution in [3.8, 4) is 0 Å². The highest BCUT2D eigenvalue weighted by atomic mass is 16.6. The Morgan fingerprint density at radius 2 is 1.09 bits per heavy atom. The van der Waals surface area contributed by atoms with E-state index in [1.165, 1.54) is 7.11 Å². The van der Waals surface area contributed by atoms with E-state index in [0.717, 1.165) is 0 Å². The van der Waals surface area contributed by atoms with Gasteiger partial charge in [-0.2, -0.15) is 0 Å².